The van der Waals surface area contributed by atoms with Crippen LogP contribution in [-0.2, 0) is 0 Å². The standard InChI is InChI=1S/C26H17B/c27-20-16-14-19(15-17-20)26-23-12-6-4-10-21(23)25(18-8-2-1-3-9-18)22-11-5-7-13-24(22)26/h1-17H. The van der Waals surface area contributed by atoms with E-state index in [2.05, 4.69) is 91.0 Å². The van der Waals surface area contributed by atoms with Gasteiger partial charge >= 0.3 is 0 Å². The summed E-state index contributed by atoms with van der Waals surface area (Å²) < 4.78 is 0. The summed E-state index contributed by atoms with van der Waals surface area (Å²) in [7, 11) is 5.93. The van der Waals surface area contributed by atoms with Gasteiger partial charge in [-0.25, -0.2) is 0 Å². The summed E-state index contributed by atoms with van der Waals surface area (Å²) in [6.07, 6.45) is 0. The van der Waals surface area contributed by atoms with E-state index in [9.17, 15) is 0 Å². The highest BCUT2D eigenvalue weighted by molar-refractivity contribution is 6.32. The second-order valence-corrected chi connectivity index (χ2v) is 6.83. The fourth-order valence-electron chi connectivity index (χ4n) is 4.01. The predicted molar refractivity (Wildman–Crippen MR) is 118 cm³/mol. The molecule has 2 radical (unpaired) electrons. The second kappa shape index (κ2) is 6.44. The highest BCUT2D eigenvalue weighted by Gasteiger charge is 2.15. The van der Waals surface area contributed by atoms with Gasteiger partial charge in [0.15, 0.2) is 0 Å². The second-order valence-electron chi connectivity index (χ2n) is 6.83. The van der Waals surface area contributed by atoms with Gasteiger partial charge in [-0.05, 0) is 43.8 Å². The van der Waals surface area contributed by atoms with Crippen molar-refractivity contribution in [1.82, 2.24) is 0 Å². The maximum Gasteiger partial charge on any atom is 0.113 e. The van der Waals surface area contributed by atoms with Crippen LogP contribution in [0.15, 0.2) is 103 Å². The fraction of sp³-hybridized carbons (Fsp3) is 0. The summed E-state index contributed by atoms with van der Waals surface area (Å²) in [6.45, 7) is 0. The van der Waals surface area contributed by atoms with Crippen LogP contribution in [0.25, 0.3) is 43.8 Å². The van der Waals surface area contributed by atoms with Crippen molar-refractivity contribution < 1.29 is 0 Å². The molecular formula is C26H17B. The minimum atomic E-state index is 0.785. The maximum atomic E-state index is 5.93. The van der Waals surface area contributed by atoms with Crippen molar-refractivity contribution in [3.05, 3.63) is 103 Å². The van der Waals surface area contributed by atoms with Crippen molar-refractivity contribution in [2.75, 3.05) is 0 Å². The highest BCUT2D eigenvalue weighted by atomic mass is 14.2. The minimum Gasteiger partial charge on any atom is -0.0966 e. The molecular weight excluding hydrogens is 323 g/mol. The Bertz CT molecular complexity index is 1200. The first-order valence-corrected chi connectivity index (χ1v) is 9.18. The molecule has 5 rings (SSSR count). The summed E-state index contributed by atoms with van der Waals surface area (Å²) in [6, 6.07) is 36.2. The van der Waals surface area contributed by atoms with Crippen LogP contribution in [0.5, 0.6) is 0 Å². The molecule has 0 fully saturated rings. The largest absolute Gasteiger partial charge is 0.113 e. The smallest absolute Gasteiger partial charge is 0.0966 e. The Morgan fingerprint density at radius 2 is 0.741 bits per heavy atom. The molecule has 27 heavy (non-hydrogen) atoms. The Hall–Kier alpha value is -3.32. The molecule has 0 aliphatic carbocycles. The molecule has 0 aromatic heterocycles. The van der Waals surface area contributed by atoms with E-state index in [1.165, 1.54) is 43.8 Å². The quantitative estimate of drug-likeness (QED) is 0.268. The van der Waals surface area contributed by atoms with Crippen molar-refractivity contribution in [1.29, 1.82) is 0 Å². The van der Waals surface area contributed by atoms with Gasteiger partial charge in [0.1, 0.15) is 7.85 Å². The third-order valence-corrected chi connectivity index (χ3v) is 5.19. The van der Waals surface area contributed by atoms with Crippen molar-refractivity contribution in [3.8, 4) is 22.3 Å². The van der Waals surface area contributed by atoms with Gasteiger partial charge in [0, 0.05) is 0 Å². The van der Waals surface area contributed by atoms with E-state index >= 15 is 0 Å². The Morgan fingerprint density at radius 1 is 0.370 bits per heavy atom. The van der Waals surface area contributed by atoms with E-state index in [1.807, 2.05) is 12.1 Å². The molecule has 5 aromatic carbocycles. The molecule has 0 spiro atoms. The van der Waals surface area contributed by atoms with E-state index in [1.54, 1.807) is 0 Å². The van der Waals surface area contributed by atoms with Crippen LogP contribution in [0.4, 0.5) is 0 Å². The first-order valence-electron chi connectivity index (χ1n) is 9.18. The van der Waals surface area contributed by atoms with Gasteiger partial charge < -0.3 is 0 Å². The lowest BCUT2D eigenvalue weighted by molar-refractivity contribution is 1.66. The van der Waals surface area contributed by atoms with Crippen LogP contribution in [-0.4, -0.2) is 7.85 Å². The summed E-state index contributed by atoms with van der Waals surface area (Å²) in [5.41, 5.74) is 5.78. The molecule has 0 nitrogen and oxygen atoms in total. The Morgan fingerprint density at radius 3 is 1.19 bits per heavy atom. The Balaban J connectivity index is 1.99. The minimum absolute atomic E-state index is 0.785. The zero-order chi connectivity index (χ0) is 18.2. The first-order chi connectivity index (χ1) is 13.3. The molecule has 0 amide bonds. The van der Waals surface area contributed by atoms with Crippen LogP contribution >= 0.6 is 0 Å². The number of rotatable bonds is 2. The lowest BCUT2D eigenvalue weighted by Gasteiger charge is -2.17. The van der Waals surface area contributed by atoms with E-state index in [4.69, 9.17) is 7.85 Å². The third kappa shape index (κ3) is 2.64. The zero-order valence-electron chi connectivity index (χ0n) is 14.9. The molecule has 0 saturated carbocycles. The number of hydrogen-bond donors (Lipinski definition) is 0. The highest BCUT2D eigenvalue weighted by Crippen LogP contribution is 2.43. The summed E-state index contributed by atoms with van der Waals surface area (Å²) in [5, 5.41) is 5.07. The normalized spacial score (nSPS) is 11.1. The van der Waals surface area contributed by atoms with E-state index in [-0.39, 0.29) is 0 Å². The SMILES string of the molecule is [B]c1ccc(-c2c3ccccc3c(-c3ccccc3)c3ccccc23)cc1. The number of hydrogen-bond acceptors (Lipinski definition) is 0. The number of fused-ring (bicyclic) bond motifs is 2. The molecule has 0 aliphatic rings. The molecule has 0 saturated heterocycles. The van der Waals surface area contributed by atoms with Crippen LogP contribution in [0.1, 0.15) is 0 Å². The van der Waals surface area contributed by atoms with Crippen LogP contribution in [0.2, 0.25) is 0 Å². The van der Waals surface area contributed by atoms with E-state index < -0.39 is 0 Å². The van der Waals surface area contributed by atoms with E-state index in [0.717, 1.165) is 5.46 Å². The van der Waals surface area contributed by atoms with Gasteiger partial charge in [0.2, 0.25) is 0 Å². The van der Waals surface area contributed by atoms with Gasteiger partial charge in [-0.15, -0.1) is 0 Å². The van der Waals surface area contributed by atoms with Crippen molar-refractivity contribution >= 4 is 34.9 Å². The molecule has 0 atom stereocenters. The summed E-state index contributed by atoms with van der Waals surface area (Å²) in [5.74, 6) is 0. The Kier molecular flexibility index (Phi) is 3.80. The fourth-order valence-corrected chi connectivity index (χ4v) is 4.01. The van der Waals surface area contributed by atoms with Gasteiger partial charge in [-0.1, -0.05) is 109 Å². The van der Waals surface area contributed by atoms with Gasteiger partial charge in [-0.2, -0.15) is 0 Å². The average molecular weight is 340 g/mol. The van der Waals surface area contributed by atoms with Gasteiger partial charge in [-0.3, -0.25) is 0 Å². The van der Waals surface area contributed by atoms with Gasteiger partial charge in [0.05, 0.1) is 0 Å². The Labute approximate surface area is 160 Å². The topological polar surface area (TPSA) is 0 Å². The monoisotopic (exact) mass is 340 g/mol. The van der Waals surface area contributed by atoms with Crippen LogP contribution in [0.3, 0.4) is 0 Å². The van der Waals surface area contributed by atoms with E-state index in [0.29, 0.717) is 0 Å². The molecule has 0 unspecified atom stereocenters. The molecule has 0 aliphatic heterocycles. The maximum absolute atomic E-state index is 5.93. The van der Waals surface area contributed by atoms with Crippen molar-refractivity contribution in [3.63, 3.8) is 0 Å². The first kappa shape index (κ1) is 15.9. The lowest BCUT2D eigenvalue weighted by atomic mass is 9.85. The van der Waals surface area contributed by atoms with Crippen molar-refractivity contribution in [2.45, 2.75) is 0 Å². The molecule has 0 N–H and O–H groups in total. The molecule has 5 aromatic rings. The summed E-state index contributed by atoms with van der Waals surface area (Å²) in [4.78, 5) is 0. The van der Waals surface area contributed by atoms with Crippen molar-refractivity contribution in [2.24, 2.45) is 0 Å². The molecule has 0 heterocycles. The number of benzene rings is 5. The van der Waals surface area contributed by atoms with Crippen LogP contribution in [0, 0.1) is 0 Å². The predicted octanol–water partition coefficient (Wildman–Crippen LogP) is 6.12. The lowest BCUT2D eigenvalue weighted by Crippen LogP contribution is -1.99. The zero-order valence-corrected chi connectivity index (χ0v) is 14.9. The van der Waals surface area contributed by atoms with Gasteiger partial charge in [0.25, 0.3) is 0 Å². The molecule has 124 valence electrons. The molecule has 0 bridgehead atoms. The summed E-state index contributed by atoms with van der Waals surface area (Å²) >= 11 is 0. The third-order valence-electron chi connectivity index (χ3n) is 5.19. The molecule has 1 heteroatoms. The van der Waals surface area contributed by atoms with Crippen LogP contribution < -0.4 is 5.46 Å². The average Bonchev–Trinajstić information content (AvgIpc) is 2.73.